The second-order valence-electron chi connectivity index (χ2n) is 5.19. The summed E-state index contributed by atoms with van der Waals surface area (Å²) in [7, 11) is -1.77. The first kappa shape index (κ1) is 16.6. The maximum atomic E-state index is 12.8. The molecule has 0 aliphatic carbocycles. The Morgan fingerprint density at radius 1 is 1.46 bits per heavy atom. The fourth-order valence-corrected chi connectivity index (χ4v) is 3.63. The summed E-state index contributed by atoms with van der Waals surface area (Å²) in [5, 5.41) is 32.3. The van der Waals surface area contributed by atoms with Crippen LogP contribution in [-0.4, -0.2) is 72.9 Å². The number of nitrogens with one attached hydrogen (secondary N) is 1. The van der Waals surface area contributed by atoms with Crippen molar-refractivity contribution in [2.45, 2.75) is 6.04 Å². The van der Waals surface area contributed by atoms with E-state index in [2.05, 4.69) is 20.6 Å². The van der Waals surface area contributed by atoms with E-state index in [1.54, 1.807) is 16.7 Å². The number of tetrazole rings is 1. The van der Waals surface area contributed by atoms with E-state index in [4.69, 9.17) is 0 Å². The molecule has 0 radical (unpaired) electrons. The third-order valence-electron chi connectivity index (χ3n) is 3.79. The molecule has 3 N–H and O–H groups in total. The SMILES string of the molecule is O=Cc1cc(C(=O)N2CCSCC2c2nn[nH]n2)ccc1B(O)O. The highest BCUT2D eigenvalue weighted by atomic mass is 32.2. The van der Waals surface area contributed by atoms with E-state index < -0.39 is 7.12 Å². The van der Waals surface area contributed by atoms with Gasteiger partial charge in [-0.1, -0.05) is 11.3 Å². The molecule has 24 heavy (non-hydrogen) atoms. The van der Waals surface area contributed by atoms with Crippen LogP contribution < -0.4 is 5.46 Å². The first-order valence-electron chi connectivity index (χ1n) is 7.19. The van der Waals surface area contributed by atoms with E-state index in [1.165, 1.54) is 18.2 Å². The molecule has 1 saturated heterocycles. The largest absolute Gasteiger partial charge is 0.489 e. The van der Waals surface area contributed by atoms with Crippen LogP contribution in [0.4, 0.5) is 0 Å². The number of benzene rings is 1. The predicted molar refractivity (Wildman–Crippen MR) is 86.9 cm³/mol. The van der Waals surface area contributed by atoms with Crippen molar-refractivity contribution in [3.63, 3.8) is 0 Å². The topological polar surface area (TPSA) is 132 Å². The van der Waals surface area contributed by atoms with Gasteiger partial charge in [-0.25, -0.2) is 0 Å². The number of aldehydes is 1. The number of hydrogen-bond acceptors (Lipinski definition) is 8. The van der Waals surface area contributed by atoms with Crippen LogP contribution in [0.2, 0.25) is 0 Å². The van der Waals surface area contributed by atoms with Crippen molar-refractivity contribution in [2.24, 2.45) is 0 Å². The van der Waals surface area contributed by atoms with Crippen LogP contribution in [0.5, 0.6) is 0 Å². The number of thioether (sulfide) groups is 1. The second-order valence-corrected chi connectivity index (χ2v) is 6.34. The van der Waals surface area contributed by atoms with Crippen LogP contribution in [0, 0.1) is 0 Å². The van der Waals surface area contributed by atoms with E-state index >= 15 is 0 Å². The molecule has 1 atom stereocenters. The first-order chi connectivity index (χ1) is 11.6. The molecule has 1 unspecified atom stereocenters. The summed E-state index contributed by atoms with van der Waals surface area (Å²) in [5.41, 5.74) is 0.422. The van der Waals surface area contributed by atoms with Crippen molar-refractivity contribution in [1.29, 1.82) is 0 Å². The summed E-state index contributed by atoms with van der Waals surface area (Å²) in [6.45, 7) is 0.517. The van der Waals surface area contributed by atoms with Gasteiger partial charge in [-0.05, 0) is 17.6 Å². The van der Waals surface area contributed by atoms with Gasteiger partial charge in [-0.2, -0.15) is 17.0 Å². The maximum Gasteiger partial charge on any atom is 0.489 e. The lowest BCUT2D eigenvalue weighted by atomic mass is 9.76. The monoisotopic (exact) mass is 347 g/mol. The zero-order valence-corrected chi connectivity index (χ0v) is 13.3. The number of carbonyl (C=O) groups excluding carboxylic acids is 2. The van der Waals surface area contributed by atoms with Gasteiger partial charge in [0.2, 0.25) is 0 Å². The van der Waals surface area contributed by atoms with Gasteiger partial charge < -0.3 is 14.9 Å². The third kappa shape index (κ3) is 3.18. The fourth-order valence-electron chi connectivity index (χ4n) is 2.58. The van der Waals surface area contributed by atoms with Gasteiger partial charge in [0.05, 0.1) is 0 Å². The molecule has 1 aliphatic heterocycles. The molecule has 0 bridgehead atoms. The maximum absolute atomic E-state index is 12.8. The van der Waals surface area contributed by atoms with Gasteiger partial charge in [0, 0.05) is 29.2 Å². The summed E-state index contributed by atoms with van der Waals surface area (Å²) in [5.74, 6) is 1.61. The number of aromatic nitrogens is 4. The highest BCUT2D eigenvalue weighted by molar-refractivity contribution is 7.99. The Labute approximate surface area is 141 Å². The lowest BCUT2D eigenvalue weighted by molar-refractivity contribution is 0.0694. The molecule has 1 aliphatic rings. The van der Waals surface area contributed by atoms with E-state index in [1.807, 2.05) is 0 Å². The van der Waals surface area contributed by atoms with Gasteiger partial charge in [-0.3, -0.25) is 9.59 Å². The second kappa shape index (κ2) is 7.12. The van der Waals surface area contributed by atoms with Crippen molar-refractivity contribution in [3.8, 4) is 0 Å². The summed E-state index contributed by atoms with van der Waals surface area (Å²) < 4.78 is 0. The average molecular weight is 347 g/mol. The number of hydrogen-bond donors (Lipinski definition) is 3. The number of rotatable bonds is 4. The molecule has 0 saturated carbocycles. The van der Waals surface area contributed by atoms with Gasteiger partial charge in [-0.15, -0.1) is 10.2 Å². The summed E-state index contributed by atoms with van der Waals surface area (Å²) in [6, 6.07) is 3.89. The number of carbonyl (C=O) groups is 2. The molecular formula is C13H14BN5O4S. The van der Waals surface area contributed by atoms with Crippen LogP contribution in [0.1, 0.15) is 32.6 Å². The Hall–Kier alpha value is -2.24. The van der Waals surface area contributed by atoms with Crippen molar-refractivity contribution in [1.82, 2.24) is 25.5 Å². The number of H-pyrrole nitrogens is 1. The fraction of sp³-hybridized carbons (Fsp3) is 0.308. The molecule has 1 fully saturated rings. The summed E-state index contributed by atoms with van der Waals surface area (Å²) in [4.78, 5) is 25.6. The average Bonchev–Trinajstić information content (AvgIpc) is 3.15. The Kier molecular flexibility index (Phi) is 4.93. The Morgan fingerprint density at radius 2 is 2.29 bits per heavy atom. The normalized spacial score (nSPS) is 17.6. The minimum absolute atomic E-state index is 0.0606. The van der Waals surface area contributed by atoms with Gasteiger partial charge in [0.1, 0.15) is 12.3 Å². The summed E-state index contributed by atoms with van der Waals surface area (Å²) >= 11 is 1.69. The lowest BCUT2D eigenvalue weighted by Crippen LogP contribution is -2.41. The number of nitrogens with zero attached hydrogens (tertiary/aromatic N) is 4. The molecule has 2 aromatic rings. The predicted octanol–water partition coefficient (Wildman–Crippen LogP) is -1.38. The van der Waals surface area contributed by atoms with E-state index in [0.29, 0.717) is 30.0 Å². The molecule has 1 aromatic carbocycles. The van der Waals surface area contributed by atoms with Gasteiger partial charge >= 0.3 is 7.12 Å². The smallest absolute Gasteiger partial charge is 0.423 e. The first-order valence-corrected chi connectivity index (χ1v) is 8.34. The molecule has 1 amide bonds. The minimum atomic E-state index is -1.77. The quantitative estimate of drug-likeness (QED) is 0.456. The molecule has 11 heteroatoms. The lowest BCUT2D eigenvalue weighted by Gasteiger charge is -2.33. The third-order valence-corrected chi connectivity index (χ3v) is 4.81. The van der Waals surface area contributed by atoms with E-state index in [-0.39, 0.29) is 23.0 Å². The standard InChI is InChI=1S/C13H14BN5O4S/c20-6-9-5-8(1-2-10(9)14(22)23)13(21)19-3-4-24-7-11(19)12-15-17-18-16-12/h1-2,5-6,11,22-23H,3-4,7H2,(H,15,16,17,18). The van der Waals surface area contributed by atoms with Crippen LogP contribution in [0.25, 0.3) is 0 Å². The molecular weight excluding hydrogens is 333 g/mol. The molecule has 2 heterocycles. The number of aromatic amines is 1. The highest BCUT2D eigenvalue weighted by Crippen LogP contribution is 2.28. The van der Waals surface area contributed by atoms with Crippen LogP contribution >= 0.6 is 11.8 Å². The van der Waals surface area contributed by atoms with Crippen molar-refractivity contribution in [3.05, 3.63) is 35.2 Å². The van der Waals surface area contributed by atoms with Crippen LogP contribution in [-0.2, 0) is 0 Å². The molecule has 3 rings (SSSR count). The summed E-state index contributed by atoms with van der Waals surface area (Å²) in [6.07, 6.45) is 0.494. The zero-order valence-electron chi connectivity index (χ0n) is 12.5. The highest BCUT2D eigenvalue weighted by Gasteiger charge is 2.32. The Morgan fingerprint density at radius 3 is 2.96 bits per heavy atom. The molecule has 9 nitrogen and oxygen atoms in total. The Bertz CT molecular complexity index is 742. The number of amides is 1. The van der Waals surface area contributed by atoms with Crippen molar-refractivity contribution < 1.29 is 19.6 Å². The van der Waals surface area contributed by atoms with Gasteiger partial charge in [0.15, 0.2) is 5.82 Å². The molecule has 1 aromatic heterocycles. The molecule has 124 valence electrons. The van der Waals surface area contributed by atoms with Crippen LogP contribution in [0.15, 0.2) is 18.2 Å². The molecule has 0 spiro atoms. The van der Waals surface area contributed by atoms with E-state index in [0.717, 1.165) is 5.75 Å². The van der Waals surface area contributed by atoms with Crippen molar-refractivity contribution >= 4 is 36.5 Å². The zero-order chi connectivity index (χ0) is 17.1. The van der Waals surface area contributed by atoms with Crippen molar-refractivity contribution in [2.75, 3.05) is 18.1 Å². The van der Waals surface area contributed by atoms with Crippen LogP contribution in [0.3, 0.4) is 0 Å². The van der Waals surface area contributed by atoms with E-state index in [9.17, 15) is 19.6 Å². The minimum Gasteiger partial charge on any atom is -0.423 e. The van der Waals surface area contributed by atoms with Gasteiger partial charge in [0.25, 0.3) is 5.91 Å². The Balaban J connectivity index is 1.91.